The molecule has 0 saturated carbocycles. The Bertz CT molecular complexity index is 1070. The summed E-state index contributed by atoms with van der Waals surface area (Å²) >= 11 is 0. The van der Waals surface area contributed by atoms with E-state index in [1.54, 1.807) is 6.92 Å². The van der Waals surface area contributed by atoms with Gasteiger partial charge in [-0.15, -0.1) is 0 Å². The fourth-order valence-corrected chi connectivity index (χ4v) is 4.34. The van der Waals surface area contributed by atoms with Gasteiger partial charge in [0, 0.05) is 13.1 Å². The van der Waals surface area contributed by atoms with Crippen LogP contribution in [0.1, 0.15) is 37.8 Å². The minimum atomic E-state index is -3.89. The number of anilines is 1. The van der Waals surface area contributed by atoms with Gasteiger partial charge in [0.2, 0.25) is 21.8 Å². The number of amides is 2. The maximum atomic E-state index is 13.8. The van der Waals surface area contributed by atoms with Crippen LogP contribution in [0.5, 0.6) is 0 Å². The summed E-state index contributed by atoms with van der Waals surface area (Å²) < 4.78 is 39.6. The number of carbonyl (C=O) groups is 2. The molecular formula is C24H32FN3O4S. The van der Waals surface area contributed by atoms with Crippen molar-refractivity contribution in [2.45, 2.75) is 46.2 Å². The lowest BCUT2D eigenvalue weighted by Crippen LogP contribution is -2.52. The van der Waals surface area contributed by atoms with Crippen molar-refractivity contribution in [2.75, 3.05) is 23.7 Å². The van der Waals surface area contributed by atoms with Crippen LogP contribution in [0.15, 0.2) is 48.5 Å². The SMILES string of the molecule is CCCNC(=O)[C@@H](CC)N(Cc1ccccc1C)C(=O)CN(c1cccc(F)c1)S(C)(=O)=O. The predicted octanol–water partition coefficient (Wildman–Crippen LogP) is 3.23. The monoisotopic (exact) mass is 477 g/mol. The highest BCUT2D eigenvalue weighted by atomic mass is 32.2. The van der Waals surface area contributed by atoms with E-state index in [1.165, 1.54) is 23.1 Å². The van der Waals surface area contributed by atoms with E-state index in [4.69, 9.17) is 0 Å². The summed E-state index contributed by atoms with van der Waals surface area (Å²) in [5.41, 5.74) is 1.85. The maximum Gasteiger partial charge on any atom is 0.244 e. The van der Waals surface area contributed by atoms with Crippen LogP contribution in [0.25, 0.3) is 0 Å². The molecule has 2 aromatic rings. The van der Waals surface area contributed by atoms with Gasteiger partial charge in [0.25, 0.3) is 0 Å². The molecular weight excluding hydrogens is 445 g/mol. The minimum Gasteiger partial charge on any atom is -0.354 e. The molecule has 0 heterocycles. The van der Waals surface area contributed by atoms with Crippen LogP contribution in [0.3, 0.4) is 0 Å². The second-order valence-corrected chi connectivity index (χ2v) is 9.82. The van der Waals surface area contributed by atoms with Crippen molar-refractivity contribution < 1.29 is 22.4 Å². The fourth-order valence-electron chi connectivity index (χ4n) is 3.50. The average molecular weight is 478 g/mol. The van der Waals surface area contributed by atoms with E-state index in [2.05, 4.69) is 5.32 Å². The Morgan fingerprint density at radius 3 is 2.36 bits per heavy atom. The average Bonchev–Trinajstić information content (AvgIpc) is 2.76. The van der Waals surface area contributed by atoms with Crippen molar-refractivity contribution in [3.8, 4) is 0 Å². The predicted molar refractivity (Wildman–Crippen MR) is 128 cm³/mol. The highest BCUT2D eigenvalue weighted by molar-refractivity contribution is 7.92. The molecule has 0 fully saturated rings. The number of hydrogen-bond donors (Lipinski definition) is 1. The van der Waals surface area contributed by atoms with Crippen LogP contribution in [0, 0.1) is 12.7 Å². The topological polar surface area (TPSA) is 86.8 Å². The molecule has 7 nitrogen and oxygen atoms in total. The lowest BCUT2D eigenvalue weighted by Gasteiger charge is -2.33. The molecule has 33 heavy (non-hydrogen) atoms. The van der Waals surface area contributed by atoms with E-state index in [1.807, 2.05) is 38.1 Å². The molecule has 1 N–H and O–H groups in total. The third-order valence-electron chi connectivity index (χ3n) is 5.31. The van der Waals surface area contributed by atoms with Gasteiger partial charge in [-0.1, -0.05) is 44.2 Å². The molecule has 0 saturated heterocycles. The van der Waals surface area contributed by atoms with Gasteiger partial charge in [0.15, 0.2) is 0 Å². The van der Waals surface area contributed by atoms with Gasteiger partial charge in [0.1, 0.15) is 18.4 Å². The van der Waals surface area contributed by atoms with Crippen LogP contribution >= 0.6 is 0 Å². The first kappa shape index (κ1) is 26.3. The third-order valence-corrected chi connectivity index (χ3v) is 6.45. The number of halogens is 1. The Kier molecular flexibility index (Phi) is 9.40. The van der Waals surface area contributed by atoms with E-state index >= 15 is 0 Å². The molecule has 0 radical (unpaired) electrons. The first-order chi connectivity index (χ1) is 15.6. The maximum absolute atomic E-state index is 13.8. The number of aryl methyl sites for hydroxylation is 1. The molecule has 0 aliphatic rings. The van der Waals surface area contributed by atoms with Gasteiger partial charge in [-0.25, -0.2) is 12.8 Å². The Labute approximate surface area is 195 Å². The first-order valence-electron chi connectivity index (χ1n) is 10.9. The number of rotatable bonds is 11. The van der Waals surface area contributed by atoms with Gasteiger partial charge in [0.05, 0.1) is 11.9 Å². The summed E-state index contributed by atoms with van der Waals surface area (Å²) in [5, 5.41) is 2.83. The molecule has 1 atom stereocenters. The van der Waals surface area contributed by atoms with Gasteiger partial charge >= 0.3 is 0 Å². The number of benzene rings is 2. The lowest BCUT2D eigenvalue weighted by molar-refractivity contribution is -0.140. The molecule has 0 aliphatic carbocycles. The summed E-state index contributed by atoms with van der Waals surface area (Å²) in [4.78, 5) is 27.8. The van der Waals surface area contributed by atoms with Crippen LogP contribution in [-0.2, 0) is 26.2 Å². The minimum absolute atomic E-state index is 0.0465. The normalized spacial score (nSPS) is 12.2. The fraction of sp³-hybridized carbons (Fsp3) is 0.417. The molecule has 0 aromatic heterocycles. The van der Waals surface area contributed by atoms with Gasteiger partial charge in [-0.05, 0) is 49.1 Å². The lowest BCUT2D eigenvalue weighted by atomic mass is 10.1. The van der Waals surface area contributed by atoms with E-state index in [0.29, 0.717) is 13.0 Å². The number of hydrogen-bond acceptors (Lipinski definition) is 4. The van der Waals surface area contributed by atoms with Crippen molar-refractivity contribution in [3.63, 3.8) is 0 Å². The summed E-state index contributed by atoms with van der Waals surface area (Å²) in [6, 6.07) is 11.8. The molecule has 0 unspecified atom stereocenters. The second-order valence-electron chi connectivity index (χ2n) is 7.91. The third kappa shape index (κ3) is 7.28. The molecule has 2 aromatic carbocycles. The zero-order valence-corrected chi connectivity index (χ0v) is 20.4. The smallest absolute Gasteiger partial charge is 0.244 e. The second kappa shape index (κ2) is 11.8. The van der Waals surface area contributed by atoms with Crippen molar-refractivity contribution in [3.05, 3.63) is 65.5 Å². The van der Waals surface area contributed by atoms with Crippen molar-refractivity contribution in [1.82, 2.24) is 10.2 Å². The number of carbonyl (C=O) groups excluding carboxylic acids is 2. The van der Waals surface area contributed by atoms with Crippen molar-refractivity contribution in [2.24, 2.45) is 0 Å². The van der Waals surface area contributed by atoms with E-state index in [-0.39, 0.29) is 18.1 Å². The zero-order valence-electron chi connectivity index (χ0n) is 19.5. The van der Waals surface area contributed by atoms with Crippen molar-refractivity contribution in [1.29, 1.82) is 0 Å². The molecule has 0 bridgehead atoms. The molecule has 0 aliphatic heterocycles. The molecule has 180 valence electrons. The number of nitrogens with zero attached hydrogens (tertiary/aromatic N) is 2. The Hall–Kier alpha value is -2.94. The first-order valence-corrected chi connectivity index (χ1v) is 12.8. The van der Waals surface area contributed by atoms with Gasteiger partial charge in [-0.2, -0.15) is 0 Å². The van der Waals surface area contributed by atoms with Gasteiger partial charge < -0.3 is 10.2 Å². The number of sulfonamides is 1. The van der Waals surface area contributed by atoms with Crippen LogP contribution in [0.4, 0.5) is 10.1 Å². The van der Waals surface area contributed by atoms with Crippen LogP contribution in [0.2, 0.25) is 0 Å². The highest BCUT2D eigenvalue weighted by Gasteiger charge is 2.31. The Balaban J connectivity index is 2.44. The number of nitrogens with one attached hydrogen (secondary N) is 1. The summed E-state index contributed by atoms with van der Waals surface area (Å²) in [7, 11) is -3.89. The van der Waals surface area contributed by atoms with Crippen LogP contribution in [-0.4, -0.2) is 50.5 Å². The largest absolute Gasteiger partial charge is 0.354 e. The quantitative estimate of drug-likeness (QED) is 0.538. The zero-order chi connectivity index (χ0) is 24.6. The summed E-state index contributed by atoms with van der Waals surface area (Å²) in [5.74, 6) is -1.46. The Morgan fingerprint density at radius 2 is 1.79 bits per heavy atom. The van der Waals surface area contributed by atoms with Gasteiger partial charge in [-0.3, -0.25) is 13.9 Å². The van der Waals surface area contributed by atoms with E-state index in [0.717, 1.165) is 34.2 Å². The van der Waals surface area contributed by atoms with E-state index in [9.17, 15) is 22.4 Å². The Morgan fingerprint density at radius 1 is 1.09 bits per heavy atom. The summed E-state index contributed by atoms with van der Waals surface area (Å²) in [6.07, 6.45) is 2.06. The molecule has 2 rings (SSSR count). The molecule has 9 heteroatoms. The van der Waals surface area contributed by atoms with Crippen molar-refractivity contribution >= 4 is 27.5 Å². The molecule has 2 amide bonds. The summed E-state index contributed by atoms with van der Waals surface area (Å²) in [6.45, 7) is 5.71. The van der Waals surface area contributed by atoms with E-state index < -0.39 is 34.3 Å². The highest BCUT2D eigenvalue weighted by Crippen LogP contribution is 2.21. The molecule has 0 spiro atoms. The standard InChI is InChI=1S/C24H32FN3O4S/c1-5-14-26-24(30)22(6-2)27(16-19-11-8-7-10-18(19)3)23(29)17-28(33(4,31)32)21-13-9-12-20(25)15-21/h7-13,15,22H,5-6,14,16-17H2,1-4H3,(H,26,30)/t22-/m1/s1. The van der Waals surface area contributed by atoms with Crippen LogP contribution < -0.4 is 9.62 Å².